The number of benzene rings is 1. The first kappa shape index (κ1) is 14.3. The molecule has 20 heavy (non-hydrogen) atoms. The van der Waals surface area contributed by atoms with Crippen LogP contribution in [0.15, 0.2) is 18.2 Å². The minimum Gasteiger partial charge on any atom is -0.375 e. The molecular formula is C14H16N4OS. The Labute approximate surface area is 121 Å². The number of amides is 1. The standard InChI is InChI=1S/C14H16N4OS/c1-9(2)18(7-3-6-15)13(19)10-4-5-11-12(8-10)20-14(16)17-11/h4-5,8-9H,3,7H2,1-2H3,(H2,16,17). The van der Waals surface area contributed by atoms with Crippen LogP contribution in [0, 0.1) is 11.3 Å². The molecule has 0 bridgehead atoms. The number of anilines is 1. The van der Waals surface area contributed by atoms with Crippen molar-refractivity contribution in [2.75, 3.05) is 12.3 Å². The molecule has 0 fully saturated rings. The van der Waals surface area contributed by atoms with E-state index < -0.39 is 0 Å². The highest BCUT2D eigenvalue weighted by molar-refractivity contribution is 7.22. The average molecular weight is 288 g/mol. The monoisotopic (exact) mass is 288 g/mol. The normalized spacial score (nSPS) is 10.7. The highest BCUT2D eigenvalue weighted by atomic mass is 32.1. The van der Waals surface area contributed by atoms with Crippen molar-refractivity contribution in [1.82, 2.24) is 9.88 Å². The highest BCUT2D eigenvalue weighted by Crippen LogP contribution is 2.25. The molecule has 0 saturated carbocycles. The van der Waals surface area contributed by atoms with Gasteiger partial charge in [-0.05, 0) is 32.0 Å². The van der Waals surface area contributed by atoms with E-state index in [9.17, 15) is 4.79 Å². The van der Waals surface area contributed by atoms with Crippen molar-refractivity contribution in [1.29, 1.82) is 5.26 Å². The Balaban J connectivity index is 2.30. The predicted octanol–water partition coefficient (Wildman–Crippen LogP) is 2.64. The topological polar surface area (TPSA) is 83.0 Å². The fraction of sp³-hybridized carbons (Fsp3) is 0.357. The zero-order chi connectivity index (χ0) is 14.7. The lowest BCUT2D eigenvalue weighted by molar-refractivity contribution is 0.0710. The number of fused-ring (bicyclic) bond motifs is 1. The van der Waals surface area contributed by atoms with Gasteiger partial charge in [-0.1, -0.05) is 11.3 Å². The second kappa shape index (κ2) is 5.88. The Morgan fingerprint density at radius 2 is 2.30 bits per heavy atom. The molecule has 1 aromatic carbocycles. The van der Waals surface area contributed by atoms with Crippen LogP contribution in [0.1, 0.15) is 30.6 Å². The second-order valence-corrected chi connectivity index (χ2v) is 5.80. The molecule has 2 rings (SSSR count). The maximum absolute atomic E-state index is 12.5. The minimum atomic E-state index is -0.0656. The lowest BCUT2D eigenvalue weighted by Gasteiger charge is -2.25. The molecule has 0 unspecified atom stereocenters. The summed E-state index contributed by atoms with van der Waals surface area (Å²) >= 11 is 1.37. The fourth-order valence-electron chi connectivity index (χ4n) is 2.01. The molecule has 0 aliphatic heterocycles. The number of hydrogen-bond donors (Lipinski definition) is 1. The number of carbonyl (C=O) groups is 1. The van der Waals surface area contributed by atoms with E-state index in [2.05, 4.69) is 11.1 Å². The van der Waals surface area contributed by atoms with Crippen molar-refractivity contribution < 1.29 is 4.79 Å². The summed E-state index contributed by atoms with van der Waals surface area (Å²) in [5.41, 5.74) is 7.07. The van der Waals surface area contributed by atoms with E-state index in [0.717, 1.165) is 10.2 Å². The zero-order valence-electron chi connectivity index (χ0n) is 11.5. The molecule has 0 aliphatic carbocycles. The number of aromatic nitrogens is 1. The van der Waals surface area contributed by atoms with Gasteiger partial charge in [0.05, 0.1) is 22.7 Å². The van der Waals surface area contributed by atoms with Crippen molar-refractivity contribution in [3.8, 4) is 6.07 Å². The fourth-order valence-corrected chi connectivity index (χ4v) is 2.78. The molecule has 5 nitrogen and oxygen atoms in total. The van der Waals surface area contributed by atoms with E-state index in [-0.39, 0.29) is 11.9 Å². The predicted molar refractivity (Wildman–Crippen MR) is 80.4 cm³/mol. The maximum atomic E-state index is 12.5. The van der Waals surface area contributed by atoms with Gasteiger partial charge in [0.25, 0.3) is 5.91 Å². The summed E-state index contributed by atoms with van der Waals surface area (Å²) in [6, 6.07) is 7.50. The maximum Gasteiger partial charge on any atom is 0.254 e. The van der Waals surface area contributed by atoms with Crippen LogP contribution < -0.4 is 5.73 Å². The molecule has 0 saturated heterocycles. The van der Waals surface area contributed by atoms with Gasteiger partial charge in [-0.3, -0.25) is 4.79 Å². The van der Waals surface area contributed by atoms with Crippen LogP contribution >= 0.6 is 11.3 Å². The quantitative estimate of drug-likeness (QED) is 0.937. The van der Waals surface area contributed by atoms with E-state index in [1.54, 1.807) is 17.0 Å². The molecule has 0 aliphatic rings. The number of nitrogens with zero attached hydrogens (tertiary/aromatic N) is 3. The Morgan fingerprint density at radius 1 is 1.55 bits per heavy atom. The Hall–Kier alpha value is -2.13. The molecule has 2 N–H and O–H groups in total. The van der Waals surface area contributed by atoms with Gasteiger partial charge in [0.15, 0.2) is 5.13 Å². The van der Waals surface area contributed by atoms with Gasteiger partial charge in [-0.25, -0.2) is 4.98 Å². The van der Waals surface area contributed by atoms with Crippen LogP contribution in [-0.2, 0) is 0 Å². The highest BCUT2D eigenvalue weighted by Gasteiger charge is 2.19. The summed E-state index contributed by atoms with van der Waals surface area (Å²) in [6.07, 6.45) is 0.333. The number of rotatable bonds is 4. The number of nitrogen functional groups attached to an aromatic ring is 1. The molecule has 2 aromatic rings. The van der Waals surface area contributed by atoms with Gasteiger partial charge < -0.3 is 10.6 Å². The first-order valence-electron chi connectivity index (χ1n) is 6.37. The first-order chi connectivity index (χ1) is 9.52. The second-order valence-electron chi connectivity index (χ2n) is 4.74. The summed E-state index contributed by atoms with van der Waals surface area (Å²) in [7, 11) is 0. The molecule has 0 atom stereocenters. The number of nitrogens with two attached hydrogens (primary N) is 1. The van der Waals surface area contributed by atoms with Crippen LogP contribution in [0.4, 0.5) is 5.13 Å². The van der Waals surface area contributed by atoms with Crippen LogP contribution in [0.25, 0.3) is 10.2 Å². The Morgan fingerprint density at radius 3 is 2.95 bits per heavy atom. The van der Waals surface area contributed by atoms with Crippen LogP contribution in [0.5, 0.6) is 0 Å². The van der Waals surface area contributed by atoms with Crippen molar-refractivity contribution in [2.24, 2.45) is 0 Å². The first-order valence-corrected chi connectivity index (χ1v) is 7.18. The van der Waals surface area contributed by atoms with Crippen LogP contribution in [0.3, 0.4) is 0 Å². The van der Waals surface area contributed by atoms with E-state index in [1.165, 1.54) is 11.3 Å². The van der Waals surface area contributed by atoms with Gasteiger partial charge in [-0.2, -0.15) is 5.26 Å². The van der Waals surface area contributed by atoms with Gasteiger partial charge >= 0.3 is 0 Å². The Kier molecular flexibility index (Phi) is 4.20. The van der Waals surface area contributed by atoms with Gasteiger partial charge in [-0.15, -0.1) is 0 Å². The minimum absolute atomic E-state index is 0.0538. The molecule has 0 spiro atoms. The van der Waals surface area contributed by atoms with Crippen molar-refractivity contribution >= 4 is 32.6 Å². The number of thiazole rings is 1. The largest absolute Gasteiger partial charge is 0.375 e. The van der Waals surface area contributed by atoms with Gasteiger partial charge in [0.1, 0.15) is 0 Å². The smallest absolute Gasteiger partial charge is 0.254 e. The third kappa shape index (κ3) is 2.89. The Bertz CT molecular complexity index is 671. The SMILES string of the molecule is CC(C)N(CCC#N)C(=O)c1ccc2nc(N)sc2c1. The molecule has 1 aromatic heterocycles. The van der Waals surface area contributed by atoms with Crippen molar-refractivity contribution in [3.05, 3.63) is 23.8 Å². The summed E-state index contributed by atoms with van der Waals surface area (Å²) in [5, 5.41) is 9.18. The van der Waals surface area contributed by atoms with E-state index >= 15 is 0 Å². The van der Waals surface area contributed by atoms with Crippen molar-refractivity contribution in [3.63, 3.8) is 0 Å². The van der Waals surface area contributed by atoms with Gasteiger partial charge in [0, 0.05) is 18.2 Å². The van der Waals surface area contributed by atoms with Crippen LogP contribution in [0.2, 0.25) is 0 Å². The third-order valence-electron chi connectivity index (χ3n) is 3.00. The lowest BCUT2D eigenvalue weighted by Crippen LogP contribution is -2.37. The summed E-state index contributed by atoms with van der Waals surface area (Å²) < 4.78 is 0.900. The molecule has 0 radical (unpaired) electrons. The van der Waals surface area contributed by atoms with Crippen LogP contribution in [-0.4, -0.2) is 28.4 Å². The number of hydrogen-bond acceptors (Lipinski definition) is 5. The summed E-state index contributed by atoms with van der Waals surface area (Å²) in [6.45, 7) is 4.33. The van der Waals surface area contributed by atoms with E-state index in [1.807, 2.05) is 19.9 Å². The zero-order valence-corrected chi connectivity index (χ0v) is 12.3. The molecule has 1 amide bonds. The molecule has 1 heterocycles. The summed E-state index contributed by atoms with van der Waals surface area (Å²) in [5.74, 6) is -0.0656. The van der Waals surface area contributed by atoms with E-state index in [4.69, 9.17) is 11.0 Å². The average Bonchev–Trinajstić information content (AvgIpc) is 2.77. The lowest BCUT2D eigenvalue weighted by atomic mass is 10.1. The third-order valence-corrected chi connectivity index (χ3v) is 3.85. The molecular weight excluding hydrogens is 272 g/mol. The number of carbonyl (C=O) groups excluding carboxylic acids is 1. The van der Waals surface area contributed by atoms with Gasteiger partial charge in [0.2, 0.25) is 0 Å². The van der Waals surface area contributed by atoms with E-state index in [0.29, 0.717) is 23.7 Å². The molecule has 104 valence electrons. The number of nitriles is 1. The van der Waals surface area contributed by atoms with Crippen molar-refractivity contribution in [2.45, 2.75) is 26.3 Å². The molecule has 6 heteroatoms. The summed E-state index contributed by atoms with van der Waals surface area (Å²) in [4.78, 5) is 18.4.